The number of aromatic nitrogens is 2. The number of nitrogens with zero attached hydrogens (tertiary/aromatic N) is 4. The van der Waals surface area contributed by atoms with Crippen LogP contribution in [0.3, 0.4) is 0 Å². The molecule has 1 atom stereocenters. The van der Waals surface area contributed by atoms with E-state index in [0.29, 0.717) is 92.0 Å². The molecule has 9 nitrogen and oxygen atoms in total. The molecule has 2 fully saturated rings. The van der Waals surface area contributed by atoms with E-state index < -0.39 is 41.2 Å². The fourth-order valence-corrected chi connectivity index (χ4v) is 7.17. The third-order valence-corrected chi connectivity index (χ3v) is 9.56. The summed E-state index contributed by atoms with van der Waals surface area (Å²) in [4.78, 5) is 36.8. The molecule has 0 spiro atoms. The fourth-order valence-electron chi connectivity index (χ4n) is 7.17. The summed E-state index contributed by atoms with van der Waals surface area (Å²) in [6.07, 6.45) is 2.10. The Morgan fingerprint density at radius 3 is 2.34 bits per heavy atom. The molecule has 2 amide bonds. The first kappa shape index (κ1) is 35.0. The Bertz CT molecular complexity index is 1860. The van der Waals surface area contributed by atoms with Crippen molar-refractivity contribution in [2.75, 3.05) is 49.6 Å². The van der Waals surface area contributed by atoms with E-state index in [0.717, 1.165) is 6.07 Å². The number of hydrogen-bond donors (Lipinski definition) is 2. The number of alkyl carbamates (subject to hydrolysis) is 1. The maximum absolute atomic E-state index is 15.7. The van der Waals surface area contributed by atoms with Gasteiger partial charge < -0.3 is 29.7 Å². The Morgan fingerprint density at radius 2 is 1.66 bits per heavy atom. The van der Waals surface area contributed by atoms with Gasteiger partial charge in [-0.1, -0.05) is 13.0 Å². The van der Waals surface area contributed by atoms with Gasteiger partial charge in [0.2, 0.25) is 5.91 Å². The van der Waals surface area contributed by atoms with Crippen molar-refractivity contribution < 1.29 is 36.3 Å². The van der Waals surface area contributed by atoms with Crippen LogP contribution in [0, 0.1) is 29.1 Å². The fraction of sp³-hybridized carbons (Fsp3) is 0.417. The summed E-state index contributed by atoms with van der Waals surface area (Å²) in [7, 11) is 1.21. The lowest BCUT2D eigenvalue weighted by atomic mass is 9.89. The number of imidazole rings is 1. The topological polar surface area (TPSA) is 93.8 Å². The number of benzene rings is 3. The number of H-pyrrole nitrogens is 1. The molecule has 266 valence electrons. The van der Waals surface area contributed by atoms with Crippen LogP contribution in [0.1, 0.15) is 67.9 Å². The van der Waals surface area contributed by atoms with E-state index in [4.69, 9.17) is 0 Å². The van der Waals surface area contributed by atoms with Crippen LogP contribution in [-0.4, -0.2) is 66.7 Å². The SMILES string of the molecule is CCCN(Cc1nc2cc(F)c([C@H]3CCCN3c3cc(F)c(N4CCC(c5ccc(F)cc5F)CC4)c(F)c3)cc2[nH]1)C(=O)CNC(=O)OC. The van der Waals surface area contributed by atoms with E-state index in [1.165, 1.54) is 42.3 Å². The standard InChI is InChI=1S/C36H39F5N6O3/c1-3-10-46(34(48)19-42-36(49)50-2)20-33-43-30-17-25(27(39)18-31(30)44-33)32-5-4-11-47(32)23-15-28(40)35(29(41)16-23)45-12-8-21(9-13-45)24-7-6-22(37)14-26(24)38/h6-7,14-18,21,32H,3-5,8-13,19-20H2,1-2H3,(H,42,49)(H,43,44)/t32-/m1/s1. The maximum Gasteiger partial charge on any atom is 0.407 e. The van der Waals surface area contributed by atoms with Gasteiger partial charge in [0.25, 0.3) is 0 Å². The van der Waals surface area contributed by atoms with Gasteiger partial charge in [-0.2, -0.15) is 0 Å². The largest absolute Gasteiger partial charge is 0.453 e. The number of halogens is 5. The molecule has 0 radical (unpaired) electrons. The van der Waals surface area contributed by atoms with E-state index >= 15 is 13.2 Å². The molecule has 0 saturated carbocycles. The highest BCUT2D eigenvalue weighted by Crippen LogP contribution is 2.41. The zero-order valence-corrected chi connectivity index (χ0v) is 27.9. The smallest absolute Gasteiger partial charge is 0.407 e. The molecular formula is C36H39F5N6O3. The predicted octanol–water partition coefficient (Wildman–Crippen LogP) is 7.08. The van der Waals surface area contributed by atoms with Crippen molar-refractivity contribution in [3.05, 3.63) is 88.5 Å². The number of carbonyl (C=O) groups excluding carboxylic acids is 2. The molecule has 1 aromatic heterocycles. The number of rotatable bonds is 10. The van der Waals surface area contributed by atoms with Crippen LogP contribution < -0.4 is 15.1 Å². The number of ether oxygens (including phenoxy) is 1. The Labute approximate surface area is 286 Å². The number of piperidine rings is 1. The highest BCUT2D eigenvalue weighted by Gasteiger charge is 2.32. The predicted molar refractivity (Wildman–Crippen MR) is 178 cm³/mol. The number of amides is 2. The lowest BCUT2D eigenvalue weighted by Crippen LogP contribution is -2.40. The van der Waals surface area contributed by atoms with Gasteiger partial charge in [-0.05, 0) is 67.9 Å². The summed E-state index contributed by atoms with van der Waals surface area (Å²) in [6, 6.07) is 8.54. The molecule has 50 heavy (non-hydrogen) atoms. The van der Waals surface area contributed by atoms with Gasteiger partial charge in [0.15, 0.2) is 11.6 Å². The average molecular weight is 699 g/mol. The Morgan fingerprint density at radius 1 is 0.940 bits per heavy atom. The molecule has 0 unspecified atom stereocenters. The van der Waals surface area contributed by atoms with Gasteiger partial charge >= 0.3 is 6.09 Å². The molecule has 6 rings (SSSR count). The van der Waals surface area contributed by atoms with Crippen LogP contribution in [0.4, 0.5) is 38.1 Å². The number of hydrogen-bond acceptors (Lipinski definition) is 6. The van der Waals surface area contributed by atoms with Gasteiger partial charge in [0.1, 0.15) is 35.5 Å². The summed E-state index contributed by atoms with van der Waals surface area (Å²) in [5.41, 5.74) is 1.82. The van der Waals surface area contributed by atoms with E-state index in [2.05, 4.69) is 20.0 Å². The number of anilines is 2. The quantitative estimate of drug-likeness (QED) is 0.172. The summed E-state index contributed by atoms with van der Waals surface area (Å²) < 4.78 is 79.3. The highest BCUT2D eigenvalue weighted by atomic mass is 19.1. The molecule has 2 aliphatic rings. The molecule has 4 aromatic rings. The molecule has 2 N–H and O–H groups in total. The van der Waals surface area contributed by atoms with Crippen LogP contribution >= 0.6 is 0 Å². The summed E-state index contributed by atoms with van der Waals surface area (Å²) in [6.45, 7) is 3.26. The Kier molecular flexibility index (Phi) is 10.4. The molecule has 3 heterocycles. The minimum atomic E-state index is -0.737. The van der Waals surface area contributed by atoms with Crippen molar-refractivity contribution in [3.8, 4) is 0 Å². The molecule has 0 bridgehead atoms. The molecule has 0 aliphatic carbocycles. The van der Waals surface area contributed by atoms with E-state index in [9.17, 15) is 18.4 Å². The molecule has 2 aliphatic heterocycles. The number of carbonyl (C=O) groups is 2. The molecular weight excluding hydrogens is 659 g/mol. The minimum absolute atomic E-state index is 0.114. The summed E-state index contributed by atoms with van der Waals surface area (Å²) in [5.74, 6) is -3.33. The zero-order valence-electron chi connectivity index (χ0n) is 27.9. The monoisotopic (exact) mass is 698 g/mol. The van der Waals surface area contributed by atoms with E-state index in [-0.39, 0.29) is 30.6 Å². The Hall–Kier alpha value is -4.88. The average Bonchev–Trinajstić information content (AvgIpc) is 3.73. The van der Waals surface area contributed by atoms with Crippen molar-refractivity contribution >= 4 is 34.4 Å². The van der Waals surface area contributed by atoms with Crippen molar-refractivity contribution in [1.82, 2.24) is 20.2 Å². The van der Waals surface area contributed by atoms with Crippen LogP contribution in [0.5, 0.6) is 0 Å². The van der Waals surface area contributed by atoms with E-state index in [1.54, 1.807) is 15.9 Å². The van der Waals surface area contributed by atoms with Gasteiger partial charge in [0.05, 0.1) is 30.7 Å². The lowest BCUT2D eigenvalue weighted by Gasteiger charge is -2.35. The van der Waals surface area contributed by atoms with Gasteiger partial charge in [-0.3, -0.25) is 4.79 Å². The van der Waals surface area contributed by atoms with Gasteiger partial charge in [-0.15, -0.1) is 0 Å². The van der Waals surface area contributed by atoms with Crippen LogP contribution in [-0.2, 0) is 16.1 Å². The maximum atomic E-state index is 15.7. The minimum Gasteiger partial charge on any atom is -0.453 e. The first-order valence-corrected chi connectivity index (χ1v) is 16.8. The molecule has 14 heteroatoms. The second-order valence-corrected chi connectivity index (χ2v) is 12.8. The van der Waals surface area contributed by atoms with E-state index in [1.807, 2.05) is 6.92 Å². The van der Waals surface area contributed by atoms with Crippen LogP contribution in [0.25, 0.3) is 11.0 Å². The second-order valence-electron chi connectivity index (χ2n) is 12.8. The summed E-state index contributed by atoms with van der Waals surface area (Å²) in [5, 5.41) is 2.38. The van der Waals surface area contributed by atoms with Crippen molar-refractivity contribution in [2.24, 2.45) is 0 Å². The zero-order chi connectivity index (χ0) is 35.5. The number of methoxy groups -OCH3 is 1. The van der Waals surface area contributed by atoms with Gasteiger partial charge in [0, 0.05) is 49.6 Å². The molecule has 2 saturated heterocycles. The molecule has 3 aromatic carbocycles. The number of aromatic amines is 1. The van der Waals surface area contributed by atoms with Crippen molar-refractivity contribution in [3.63, 3.8) is 0 Å². The summed E-state index contributed by atoms with van der Waals surface area (Å²) >= 11 is 0. The number of nitrogens with one attached hydrogen (secondary N) is 2. The Balaban J connectivity index is 1.17. The van der Waals surface area contributed by atoms with Crippen molar-refractivity contribution in [1.29, 1.82) is 0 Å². The normalized spacial score (nSPS) is 16.7. The van der Waals surface area contributed by atoms with Gasteiger partial charge in [-0.25, -0.2) is 31.7 Å². The van der Waals surface area contributed by atoms with Crippen LogP contribution in [0.2, 0.25) is 0 Å². The van der Waals surface area contributed by atoms with Crippen molar-refractivity contribution in [2.45, 2.75) is 57.5 Å². The highest BCUT2D eigenvalue weighted by molar-refractivity contribution is 5.82. The number of fused-ring (bicyclic) bond motifs is 1. The second kappa shape index (κ2) is 14.9. The van der Waals surface area contributed by atoms with Crippen LogP contribution in [0.15, 0.2) is 42.5 Å². The first-order valence-electron chi connectivity index (χ1n) is 16.8. The third-order valence-electron chi connectivity index (χ3n) is 9.56. The lowest BCUT2D eigenvalue weighted by molar-refractivity contribution is -0.130. The third kappa shape index (κ3) is 7.34. The first-order chi connectivity index (χ1) is 24.1.